The molecule has 2 rings (SSSR count). The summed E-state index contributed by atoms with van der Waals surface area (Å²) in [4.78, 5) is 7.49. The summed E-state index contributed by atoms with van der Waals surface area (Å²) >= 11 is 0. The molecule has 2 heteroatoms. The van der Waals surface area contributed by atoms with Gasteiger partial charge in [0.2, 0.25) is 0 Å². The predicted octanol–water partition coefficient (Wildman–Crippen LogP) is 3.00. The number of rotatable bonds is 1. The van der Waals surface area contributed by atoms with Crippen LogP contribution in [-0.4, -0.2) is 9.97 Å². The molecule has 1 N–H and O–H groups in total. The monoisotopic (exact) mass is 176 g/mol. The van der Waals surface area contributed by atoms with Crippen LogP contribution in [0.5, 0.6) is 0 Å². The van der Waals surface area contributed by atoms with Crippen molar-refractivity contribution >= 4 is 5.57 Å². The minimum absolute atomic E-state index is 0.288. The molecule has 1 aromatic heterocycles. The highest BCUT2D eigenvalue weighted by molar-refractivity contribution is 5.65. The van der Waals surface area contributed by atoms with E-state index in [0.29, 0.717) is 0 Å². The zero-order valence-corrected chi connectivity index (χ0v) is 8.30. The molecule has 1 heterocycles. The van der Waals surface area contributed by atoms with Gasteiger partial charge in [0.15, 0.2) is 0 Å². The summed E-state index contributed by atoms with van der Waals surface area (Å²) in [6.45, 7) is 4.58. The molecule has 70 valence electrons. The lowest BCUT2D eigenvalue weighted by molar-refractivity contribution is 0.422. The lowest BCUT2D eigenvalue weighted by Gasteiger charge is -2.30. The van der Waals surface area contributed by atoms with Crippen LogP contribution in [0.3, 0.4) is 0 Å². The van der Waals surface area contributed by atoms with Gasteiger partial charge in [-0.1, -0.05) is 19.9 Å². The number of aromatic amines is 1. The third-order valence-electron chi connectivity index (χ3n) is 2.84. The normalized spacial score (nSPS) is 21.2. The van der Waals surface area contributed by atoms with Gasteiger partial charge < -0.3 is 4.98 Å². The SMILES string of the molecule is CC1(C)CCCC=C1c1ncc[nH]1. The van der Waals surface area contributed by atoms with Crippen LogP contribution in [0.1, 0.15) is 38.9 Å². The van der Waals surface area contributed by atoms with E-state index in [4.69, 9.17) is 0 Å². The van der Waals surface area contributed by atoms with Crippen molar-refractivity contribution in [1.29, 1.82) is 0 Å². The van der Waals surface area contributed by atoms with Crippen molar-refractivity contribution in [3.05, 3.63) is 24.3 Å². The smallest absolute Gasteiger partial charge is 0.133 e. The molecule has 0 saturated carbocycles. The summed E-state index contributed by atoms with van der Waals surface area (Å²) in [5.74, 6) is 1.05. The number of nitrogens with one attached hydrogen (secondary N) is 1. The molecule has 0 saturated heterocycles. The Morgan fingerprint density at radius 2 is 2.31 bits per heavy atom. The quantitative estimate of drug-likeness (QED) is 0.700. The molecular formula is C11H16N2. The minimum atomic E-state index is 0.288. The first-order valence-electron chi connectivity index (χ1n) is 4.90. The third-order valence-corrected chi connectivity index (χ3v) is 2.84. The summed E-state index contributed by atoms with van der Waals surface area (Å²) in [5.41, 5.74) is 1.67. The van der Waals surface area contributed by atoms with Crippen molar-refractivity contribution in [3.8, 4) is 0 Å². The van der Waals surface area contributed by atoms with Gasteiger partial charge >= 0.3 is 0 Å². The fourth-order valence-electron chi connectivity index (χ4n) is 2.03. The van der Waals surface area contributed by atoms with Crippen LogP contribution in [0.4, 0.5) is 0 Å². The second kappa shape index (κ2) is 3.02. The highest BCUT2D eigenvalue weighted by atomic mass is 14.9. The summed E-state index contributed by atoms with van der Waals surface area (Å²) in [6.07, 6.45) is 9.79. The zero-order valence-electron chi connectivity index (χ0n) is 8.30. The van der Waals surface area contributed by atoms with E-state index in [1.807, 2.05) is 12.4 Å². The molecule has 0 aliphatic heterocycles. The lowest BCUT2D eigenvalue weighted by Crippen LogP contribution is -2.17. The molecule has 0 amide bonds. The molecule has 1 aliphatic carbocycles. The molecule has 0 atom stereocenters. The first-order valence-corrected chi connectivity index (χ1v) is 4.90. The topological polar surface area (TPSA) is 28.7 Å². The molecule has 1 aromatic rings. The maximum atomic E-state index is 4.31. The van der Waals surface area contributed by atoms with E-state index in [9.17, 15) is 0 Å². The number of allylic oxidation sites excluding steroid dienone is 2. The maximum absolute atomic E-state index is 4.31. The van der Waals surface area contributed by atoms with Crippen LogP contribution in [0.15, 0.2) is 18.5 Å². The number of hydrogen-bond donors (Lipinski definition) is 1. The van der Waals surface area contributed by atoms with E-state index in [1.54, 1.807) is 0 Å². The fourth-order valence-corrected chi connectivity index (χ4v) is 2.03. The summed E-state index contributed by atoms with van der Waals surface area (Å²) < 4.78 is 0. The lowest BCUT2D eigenvalue weighted by atomic mass is 9.75. The van der Waals surface area contributed by atoms with Gasteiger partial charge in [-0.15, -0.1) is 0 Å². The maximum Gasteiger partial charge on any atom is 0.133 e. The van der Waals surface area contributed by atoms with E-state index in [1.165, 1.54) is 24.8 Å². The Labute approximate surface area is 79.1 Å². The molecule has 13 heavy (non-hydrogen) atoms. The van der Waals surface area contributed by atoms with E-state index in [2.05, 4.69) is 29.9 Å². The predicted molar refractivity (Wildman–Crippen MR) is 54.2 cm³/mol. The highest BCUT2D eigenvalue weighted by Crippen LogP contribution is 2.41. The molecule has 0 aromatic carbocycles. The van der Waals surface area contributed by atoms with Crippen LogP contribution in [-0.2, 0) is 0 Å². The van der Waals surface area contributed by atoms with Crippen molar-refractivity contribution in [1.82, 2.24) is 9.97 Å². The molecular weight excluding hydrogens is 160 g/mol. The highest BCUT2D eigenvalue weighted by Gasteiger charge is 2.27. The van der Waals surface area contributed by atoms with Crippen molar-refractivity contribution in [2.75, 3.05) is 0 Å². The first kappa shape index (κ1) is 8.54. The van der Waals surface area contributed by atoms with Crippen molar-refractivity contribution < 1.29 is 0 Å². The van der Waals surface area contributed by atoms with Gasteiger partial charge in [0.05, 0.1) is 0 Å². The summed E-state index contributed by atoms with van der Waals surface area (Å²) in [7, 11) is 0. The third kappa shape index (κ3) is 1.53. The molecule has 0 unspecified atom stereocenters. The summed E-state index contributed by atoms with van der Waals surface area (Å²) in [5, 5.41) is 0. The Morgan fingerprint density at radius 3 is 2.92 bits per heavy atom. The number of hydrogen-bond acceptors (Lipinski definition) is 1. The first-order chi connectivity index (χ1) is 6.20. The Kier molecular flexibility index (Phi) is 1.98. The molecule has 1 aliphatic rings. The van der Waals surface area contributed by atoms with E-state index < -0.39 is 0 Å². The van der Waals surface area contributed by atoms with Gasteiger partial charge in [0.25, 0.3) is 0 Å². The molecule has 0 bridgehead atoms. The van der Waals surface area contributed by atoms with Gasteiger partial charge in [-0.3, -0.25) is 0 Å². The molecule has 0 spiro atoms. The second-order valence-electron chi connectivity index (χ2n) is 4.33. The Hall–Kier alpha value is -1.05. The van der Waals surface area contributed by atoms with Gasteiger partial charge in [0, 0.05) is 12.4 Å². The van der Waals surface area contributed by atoms with E-state index in [0.717, 1.165) is 5.82 Å². The second-order valence-corrected chi connectivity index (χ2v) is 4.33. The average Bonchev–Trinajstić information content (AvgIpc) is 2.55. The molecule has 0 fully saturated rings. The Bertz CT molecular complexity index is 307. The number of aromatic nitrogens is 2. The van der Waals surface area contributed by atoms with Crippen molar-refractivity contribution in [3.63, 3.8) is 0 Å². The Morgan fingerprint density at radius 1 is 1.46 bits per heavy atom. The van der Waals surface area contributed by atoms with Gasteiger partial charge in [0.1, 0.15) is 5.82 Å². The summed E-state index contributed by atoms with van der Waals surface area (Å²) in [6, 6.07) is 0. The van der Waals surface area contributed by atoms with E-state index in [-0.39, 0.29) is 5.41 Å². The Balaban J connectivity index is 2.36. The largest absolute Gasteiger partial charge is 0.345 e. The van der Waals surface area contributed by atoms with Crippen molar-refractivity contribution in [2.45, 2.75) is 33.1 Å². The van der Waals surface area contributed by atoms with Crippen molar-refractivity contribution in [2.24, 2.45) is 5.41 Å². The van der Waals surface area contributed by atoms with E-state index >= 15 is 0 Å². The average molecular weight is 176 g/mol. The number of nitrogens with zero attached hydrogens (tertiary/aromatic N) is 1. The van der Waals surface area contributed by atoms with Crippen LogP contribution < -0.4 is 0 Å². The number of imidazole rings is 1. The standard InChI is InChI=1S/C11H16N2/c1-11(2)6-4-3-5-9(11)10-12-7-8-13-10/h5,7-8H,3-4,6H2,1-2H3,(H,12,13). The van der Waals surface area contributed by atoms with Gasteiger partial charge in [-0.05, 0) is 30.3 Å². The van der Waals surface area contributed by atoms with Crippen LogP contribution in [0, 0.1) is 5.41 Å². The molecule has 0 radical (unpaired) electrons. The zero-order chi connectivity index (χ0) is 9.31. The van der Waals surface area contributed by atoms with Crippen LogP contribution in [0.25, 0.3) is 5.57 Å². The fraction of sp³-hybridized carbons (Fsp3) is 0.545. The van der Waals surface area contributed by atoms with Crippen LogP contribution >= 0.6 is 0 Å². The van der Waals surface area contributed by atoms with Gasteiger partial charge in [-0.25, -0.2) is 4.98 Å². The molecule has 2 nitrogen and oxygen atoms in total. The minimum Gasteiger partial charge on any atom is -0.345 e. The van der Waals surface area contributed by atoms with Gasteiger partial charge in [-0.2, -0.15) is 0 Å². The number of H-pyrrole nitrogens is 1. The van der Waals surface area contributed by atoms with Crippen LogP contribution in [0.2, 0.25) is 0 Å².